The number of fused-ring (bicyclic) bond motifs is 1. The number of benzene rings is 3. The number of aromatic nitrogens is 6. The number of amides is 1. The molecule has 3 heterocycles. The maximum absolute atomic E-state index is 14.3. The Morgan fingerprint density at radius 2 is 1.70 bits per heavy atom. The second kappa shape index (κ2) is 13.0. The lowest BCUT2D eigenvalue weighted by molar-refractivity contribution is 0.0933. The van der Waals surface area contributed by atoms with Gasteiger partial charge < -0.3 is 15.8 Å². The summed E-state index contributed by atoms with van der Waals surface area (Å²) >= 11 is 0. The van der Waals surface area contributed by atoms with Gasteiger partial charge in [-0.05, 0) is 69.3 Å². The number of anilines is 1. The Morgan fingerprint density at radius 1 is 0.936 bits per heavy atom. The molecule has 0 aliphatic heterocycles. The summed E-state index contributed by atoms with van der Waals surface area (Å²) in [6.45, 7) is 5.65. The molecule has 0 saturated heterocycles. The Morgan fingerprint density at radius 3 is 2.40 bits per heavy atom. The summed E-state index contributed by atoms with van der Waals surface area (Å²) in [4.78, 5) is 41.5. The average molecular weight is 625 g/mol. The number of nitrogens with two attached hydrogens (primary N) is 1. The van der Waals surface area contributed by atoms with Gasteiger partial charge in [-0.2, -0.15) is 5.10 Å². The van der Waals surface area contributed by atoms with E-state index in [0.29, 0.717) is 33.7 Å². The fourth-order valence-electron chi connectivity index (χ4n) is 5.10. The van der Waals surface area contributed by atoms with Crippen molar-refractivity contribution >= 4 is 22.6 Å². The Bertz CT molecular complexity index is 2210. The number of nitrogens with one attached hydrogen (secondary N) is 1. The zero-order valence-electron chi connectivity index (χ0n) is 26.3. The van der Waals surface area contributed by atoms with Gasteiger partial charge in [0.15, 0.2) is 11.5 Å². The number of para-hydroxylation sites is 1. The van der Waals surface area contributed by atoms with Crippen LogP contribution in [-0.2, 0) is 7.05 Å². The normalized spacial score (nSPS) is 11.6. The minimum atomic E-state index is -0.734. The fraction of sp³-hybridized carbons (Fsp3) is 0.167. The Hall–Kier alpha value is -6.28. The highest BCUT2D eigenvalue weighted by Crippen LogP contribution is 2.24. The van der Waals surface area contributed by atoms with E-state index in [1.54, 1.807) is 54.3 Å². The molecule has 234 valence electrons. The van der Waals surface area contributed by atoms with Crippen molar-refractivity contribution in [3.8, 4) is 34.5 Å². The van der Waals surface area contributed by atoms with Crippen molar-refractivity contribution in [2.75, 3.05) is 5.73 Å². The number of rotatable bonds is 7. The number of nitrogens with zero attached hydrogens (tertiary/aromatic N) is 6. The maximum Gasteiger partial charge on any atom is 0.274 e. The van der Waals surface area contributed by atoms with Crippen molar-refractivity contribution in [3.63, 3.8) is 0 Å². The molecule has 0 spiro atoms. The molecule has 0 radical (unpaired) electrons. The lowest BCUT2D eigenvalue weighted by Gasteiger charge is -2.20. The van der Waals surface area contributed by atoms with Crippen molar-refractivity contribution < 1.29 is 9.53 Å². The monoisotopic (exact) mass is 624 g/mol. The Balaban J connectivity index is 1.37. The standard InChI is InChI=1S/C36H32N8O3/c1-22(2)47-28-17-15-25(16-18-28)30-20-38-33(37)32(41-30)35(45)40-23(3)34-42-29-12-8-9-26(14-13-24-19-39-43(4)21-24)31(29)36(46)44(34)27-10-6-5-7-11-27/h5-12,15-23H,1-4H3,(H2,37,38)(H,40,45)/t23-/m1/s1. The molecule has 0 aliphatic rings. The van der Waals surface area contributed by atoms with Crippen molar-refractivity contribution in [3.05, 3.63) is 124 Å². The van der Waals surface area contributed by atoms with E-state index in [1.807, 2.05) is 63.4 Å². The predicted octanol–water partition coefficient (Wildman–Crippen LogP) is 4.84. The van der Waals surface area contributed by atoms with Crippen LogP contribution in [0.5, 0.6) is 5.75 Å². The van der Waals surface area contributed by atoms with E-state index < -0.39 is 11.9 Å². The number of aryl methyl sites for hydroxylation is 1. The maximum atomic E-state index is 14.3. The third kappa shape index (κ3) is 6.57. The summed E-state index contributed by atoms with van der Waals surface area (Å²) in [7, 11) is 1.81. The lowest BCUT2D eigenvalue weighted by atomic mass is 10.1. The van der Waals surface area contributed by atoms with Gasteiger partial charge in [-0.15, -0.1) is 0 Å². The molecule has 47 heavy (non-hydrogen) atoms. The molecule has 1 atom stereocenters. The molecule has 3 aromatic carbocycles. The molecule has 3 N–H and O–H groups in total. The number of hydrogen-bond acceptors (Lipinski definition) is 8. The zero-order chi connectivity index (χ0) is 33.1. The van der Waals surface area contributed by atoms with Gasteiger partial charge in [-0.1, -0.05) is 36.1 Å². The predicted molar refractivity (Wildman–Crippen MR) is 180 cm³/mol. The van der Waals surface area contributed by atoms with Crippen LogP contribution in [0.4, 0.5) is 5.82 Å². The van der Waals surface area contributed by atoms with Crippen LogP contribution in [-0.4, -0.2) is 41.3 Å². The van der Waals surface area contributed by atoms with Gasteiger partial charge in [0, 0.05) is 24.4 Å². The Kier molecular flexibility index (Phi) is 8.49. The largest absolute Gasteiger partial charge is 0.491 e. The van der Waals surface area contributed by atoms with Gasteiger partial charge >= 0.3 is 0 Å². The molecular weight excluding hydrogens is 592 g/mol. The third-order valence-electron chi connectivity index (χ3n) is 7.26. The smallest absolute Gasteiger partial charge is 0.274 e. The van der Waals surface area contributed by atoms with Crippen LogP contribution in [0.1, 0.15) is 54.3 Å². The van der Waals surface area contributed by atoms with Gasteiger partial charge in [-0.3, -0.25) is 18.8 Å². The summed E-state index contributed by atoms with van der Waals surface area (Å²) in [6, 6.07) is 21.1. The molecule has 0 saturated carbocycles. The highest BCUT2D eigenvalue weighted by Gasteiger charge is 2.23. The quantitative estimate of drug-likeness (QED) is 0.240. The van der Waals surface area contributed by atoms with E-state index in [9.17, 15) is 9.59 Å². The molecule has 1 amide bonds. The molecule has 0 bridgehead atoms. The average Bonchev–Trinajstić information content (AvgIpc) is 3.49. The third-order valence-corrected chi connectivity index (χ3v) is 7.26. The molecule has 6 aromatic rings. The summed E-state index contributed by atoms with van der Waals surface area (Å²) in [6.07, 6.45) is 5.01. The number of hydrogen-bond donors (Lipinski definition) is 2. The van der Waals surface area contributed by atoms with Crippen LogP contribution >= 0.6 is 0 Å². The summed E-state index contributed by atoms with van der Waals surface area (Å²) < 4.78 is 8.88. The summed E-state index contributed by atoms with van der Waals surface area (Å²) in [5.74, 6) is 6.65. The topological polar surface area (TPSA) is 143 Å². The van der Waals surface area contributed by atoms with Gasteiger partial charge in [0.25, 0.3) is 11.5 Å². The van der Waals surface area contributed by atoms with Crippen LogP contribution < -0.4 is 21.3 Å². The molecule has 11 heteroatoms. The van der Waals surface area contributed by atoms with Crippen LogP contribution in [0.15, 0.2) is 96.2 Å². The van der Waals surface area contributed by atoms with Gasteiger partial charge in [0.1, 0.15) is 11.6 Å². The molecule has 11 nitrogen and oxygen atoms in total. The van der Waals surface area contributed by atoms with Crippen molar-refractivity contribution in [2.24, 2.45) is 7.05 Å². The van der Waals surface area contributed by atoms with Crippen molar-refractivity contribution in [1.29, 1.82) is 0 Å². The van der Waals surface area contributed by atoms with Crippen molar-refractivity contribution in [1.82, 2.24) is 34.6 Å². The van der Waals surface area contributed by atoms with E-state index >= 15 is 0 Å². The molecule has 0 fully saturated rings. The first-order valence-electron chi connectivity index (χ1n) is 15.0. The first-order chi connectivity index (χ1) is 22.7. The molecule has 3 aromatic heterocycles. The second-order valence-electron chi connectivity index (χ2n) is 11.2. The summed E-state index contributed by atoms with van der Waals surface area (Å²) in [5.41, 5.74) is 9.26. The SMILES string of the molecule is CC(C)Oc1ccc(-c2cnc(N)c(C(=O)N[C@H](C)c3nc4cccc(C#Cc5cnn(C)c5)c4c(=O)n3-c3ccccc3)n2)cc1. The fourth-order valence-corrected chi connectivity index (χ4v) is 5.10. The van der Waals surface area contributed by atoms with E-state index in [4.69, 9.17) is 15.5 Å². The van der Waals surface area contributed by atoms with Gasteiger partial charge in [0.2, 0.25) is 0 Å². The number of carbonyl (C=O) groups excluding carboxylic acids is 1. The van der Waals surface area contributed by atoms with Crippen LogP contribution in [0, 0.1) is 11.8 Å². The second-order valence-corrected chi connectivity index (χ2v) is 11.2. The number of ether oxygens (including phenoxy) is 1. The number of carbonyl (C=O) groups is 1. The highest BCUT2D eigenvalue weighted by atomic mass is 16.5. The minimum absolute atomic E-state index is 0.0260. The van der Waals surface area contributed by atoms with E-state index in [1.165, 1.54) is 10.8 Å². The molecule has 0 aliphatic carbocycles. The molecular formula is C36H32N8O3. The zero-order valence-corrected chi connectivity index (χ0v) is 26.3. The minimum Gasteiger partial charge on any atom is -0.491 e. The molecule has 0 unspecified atom stereocenters. The Labute approximate surface area is 271 Å². The summed E-state index contributed by atoms with van der Waals surface area (Å²) in [5, 5.41) is 7.45. The van der Waals surface area contributed by atoms with Crippen LogP contribution in [0.3, 0.4) is 0 Å². The van der Waals surface area contributed by atoms with Gasteiger partial charge in [-0.25, -0.2) is 15.0 Å². The van der Waals surface area contributed by atoms with Crippen LogP contribution in [0.25, 0.3) is 27.8 Å². The number of nitrogen functional groups attached to an aromatic ring is 1. The lowest BCUT2D eigenvalue weighted by Crippen LogP contribution is -2.34. The van der Waals surface area contributed by atoms with Gasteiger partial charge in [0.05, 0.1) is 52.4 Å². The van der Waals surface area contributed by atoms with E-state index in [-0.39, 0.29) is 23.2 Å². The van der Waals surface area contributed by atoms with Crippen LogP contribution in [0.2, 0.25) is 0 Å². The van der Waals surface area contributed by atoms with Crippen molar-refractivity contribution in [2.45, 2.75) is 32.9 Å². The first-order valence-corrected chi connectivity index (χ1v) is 15.0. The van der Waals surface area contributed by atoms with E-state index in [2.05, 4.69) is 32.2 Å². The molecule has 6 rings (SSSR count). The first kappa shape index (κ1) is 30.7. The van der Waals surface area contributed by atoms with E-state index in [0.717, 1.165) is 16.9 Å². The highest BCUT2D eigenvalue weighted by molar-refractivity contribution is 5.97.